The first-order chi connectivity index (χ1) is 10.9. The van der Waals surface area contributed by atoms with Crippen LogP contribution >= 0.6 is 0 Å². The second-order valence-corrected chi connectivity index (χ2v) is 5.02. The topological polar surface area (TPSA) is 109 Å². The van der Waals surface area contributed by atoms with E-state index < -0.39 is 23.5 Å². The van der Waals surface area contributed by atoms with E-state index in [1.807, 2.05) is 19.0 Å². The molecule has 1 aromatic carbocycles. The van der Waals surface area contributed by atoms with Crippen molar-refractivity contribution in [2.75, 3.05) is 27.2 Å². The lowest BCUT2D eigenvalue weighted by Crippen LogP contribution is -2.39. The molecule has 0 atom stereocenters. The Labute approximate surface area is 131 Å². The lowest BCUT2D eigenvalue weighted by molar-refractivity contribution is 0.0677. The second kappa shape index (κ2) is 6.88. The van der Waals surface area contributed by atoms with Gasteiger partial charge in [0.05, 0.1) is 5.69 Å². The maximum Gasteiger partial charge on any atom is 0.374 e. The highest BCUT2D eigenvalue weighted by Gasteiger charge is 2.24. The maximum absolute atomic E-state index is 12.3. The summed E-state index contributed by atoms with van der Waals surface area (Å²) in [5.74, 6) is -2.10. The van der Waals surface area contributed by atoms with Gasteiger partial charge in [-0.15, -0.1) is 0 Å². The Kier molecular flexibility index (Phi) is 4.91. The third kappa shape index (κ3) is 3.64. The molecule has 0 aliphatic heterocycles. The van der Waals surface area contributed by atoms with E-state index in [0.717, 1.165) is 9.36 Å². The van der Waals surface area contributed by atoms with E-state index in [0.29, 0.717) is 18.8 Å². The summed E-state index contributed by atoms with van der Waals surface area (Å²) >= 11 is 0. The van der Waals surface area contributed by atoms with Crippen LogP contribution in [0.1, 0.15) is 10.6 Å². The van der Waals surface area contributed by atoms with E-state index in [1.54, 1.807) is 30.3 Å². The fourth-order valence-electron chi connectivity index (χ4n) is 1.95. The SMILES string of the molecule is CN(C)CCNC(=O)n1c(C(=O)O)nc(=O)n1-c1ccccc1. The first-order valence-electron chi connectivity index (χ1n) is 6.85. The van der Waals surface area contributed by atoms with Crippen LogP contribution < -0.4 is 11.0 Å². The van der Waals surface area contributed by atoms with Crippen molar-refractivity contribution in [3.05, 3.63) is 46.6 Å². The summed E-state index contributed by atoms with van der Waals surface area (Å²) in [4.78, 5) is 41.0. The number of likely N-dealkylation sites (N-methyl/N-ethyl adjacent to an activating group) is 1. The third-order valence-corrected chi connectivity index (χ3v) is 3.00. The predicted molar refractivity (Wildman–Crippen MR) is 82.1 cm³/mol. The van der Waals surface area contributed by atoms with Gasteiger partial charge in [0.15, 0.2) is 0 Å². The Hall–Kier alpha value is -2.94. The normalized spacial score (nSPS) is 10.7. The molecule has 0 aliphatic rings. The molecule has 2 aromatic rings. The molecule has 0 fully saturated rings. The molecule has 9 nitrogen and oxygen atoms in total. The Morgan fingerprint density at radius 2 is 1.91 bits per heavy atom. The van der Waals surface area contributed by atoms with Crippen molar-refractivity contribution in [2.45, 2.75) is 0 Å². The minimum Gasteiger partial charge on any atom is -0.475 e. The van der Waals surface area contributed by atoms with Crippen LogP contribution in [0.3, 0.4) is 0 Å². The van der Waals surface area contributed by atoms with Gasteiger partial charge in [0, 0.05) is 13.1 Å². The van der Waals surface area contributed by atoms with Gasteiger partial charge in [-0.25, -0.2) is 14.4 Å². The third-order valence-electron chi connectivity index (χ3n) is 3.00. The van der Waals surface area contributed by atoms with Crippen LogP contribution in [0.15, 0.2) is 35.1 Å². The number of benzene rings is 1. The van der Waals surface area contributed by atoms with Gasteiger partial charge in [-0.2, -0.15) is 14.3 Å². The minimum absolute atomic E-state index is 0.298. The largest absolute Gasteiger partial charge is 0.475 e. The second-order valence-electron chi connectivity index (χ2n) is 5.02. The summed E-state index contributed by atoms with van der Waals surface area (Å²) < 4.78 is 1.66. The number of carboxylic acid groups (broad SMARTS) is 1. The Balaban J connectivity index is 2.45. The molecule has 9 heteroatoms. The van der Waals surface area contributed by atoms with E-state index in [4.69, 9.17) is 0 Å². The number of carboxylic acids is 1. The number of hydrogen-bond donors (Lipinski definition) is 2. The van der Waals surface area contributed by atoms with Gasteiger partial charge in [0.1, 0.15) is 0 Å². The zero-order valence-corrected chi connectivity index (χ0v) is 12.8. The van der Waals surface area contributed by atoms with Crippen molar-refractivity contribution in [1.29, 1.82) is 0 Å². The summed E-state index contributed by atoms with van der Waals surface area (Å²) in [6.45, 7) is 0.866. The fraction of sp³-hybridized carbons (Fsp3) is 0.286. The monoisotopic (exact) mass is 319 g/mol. The molecular weight excluding hydrogens is 302 g/mol. The average molecular weight is 319 g/mol. The highest BCUT2D eigenvalue weighted by atomic mass is 16.4. The van der Waals surface area contributed by atoms with Gasteiger partial charge in [0.2, 0.25) is 5.82 Å². The van der Waals surface area contributed by atoms with Crippen LogP contribution in [0.5, 0.6) is 0 Å². The van der Waals surface area contributed by atoms with Crippen molar-refractivity contribution < 1.29 is 14.7 Å². The van der Waals surface area contributed by atoms with Crippen LogP contribution in [0.25, 0.3) is 5.69 Å². The lowest BCUT2D eigenvalue weighted by Gasteiger charge is -2.13. The molecule has 1 aromatic heterocycles. The Bertz CT molecular complexity index is 763. The number of nitrogens with zero attached hydrogens (tertiary/aromatic N) is 4. The van der Waals surface area contributed by atoms with Crippen LogP contribution in [0.2, 0.25) is 0 Å². The molecule has 0 aliphatic carbocycles. The number of carbonyl (C=O) groups is 2. The van der Waals surface area contributed by atoms with Crippen LogP contribution in [0.4, 0.5) is 4.79 Å². The molecule has 1 amide bonds. The highest BCUT2D eigenvalue weighted by Crippen LogP contribution is 2.06. The molecule has 1 heterocycles. The number of aromatic nitrogens is 3. The van der Waals surface area contributed by atoms with Crippen molar-refractivity contribution in [3.63, 3.8) is 0 Å². The molecular formula is C14H17N5O4. The molecule has 0 radical (unpaired) electrons. The number of aromatic carboxylic acids is 1. The molecule has 0 saturated carbocycles. The van der Waals surface area contributed by atoms with Crippen LogP contribution in [-0.4, -0.2) is 63.5 Å². The van der Waals surface area contributed by atoms with E-state index >= 15 is 0 Å². The van der Waals surface area contributed by atoms with Crippen LogP contribution in [-0.2, 0) is 0 Å². The van der Waals surface area contributed by atoms with E-state index in [9.17, 15) is 19.5 Å². The number of amides is 1. The number of carbonyl (C=O) groups excluding carboxylic acids is 1. The standard InChI is InChI=1S/C14H17N5O4/c1-17(2)9-8-15-13(22)19-11(12(20)21)16-14(23)18(19)10-6-4-3-5-7-10/h3-7H,8-9H2,1-2H3,(H,15,22)(H,20,21). The molecule has 0 unspecified atom stereocenters. The van der Waals surface area contributed by atoms with E-state index in [1.165, 1.54) is 0 Å². The summed E-state index contributed by atoms with van der Waals surface area (Å²) in [5, 5.41) is 11.8. The van der Waals surface area contributed by atoms with E-state index in [-0.39, 0.29) is 0 Å². The molecule has 0 saturated heterocycles. The molecule has 2 rings (SSSR count). The lowest BCUT2D eigenvalue weighted by atomic mass is 10.3. The number of para-hydroxylation sites is 1. The fourth-order valence-corrected chi connectivity index (χ4v) is 1.95. The van der Waals surface area contributed by atoms with Gasteiger partial charge in [0.25, 0.3) is 0 Å². The number of hydrogen-bond acceptors (Lipinski definition) is 5. The average Bonchev–Trinajstić information content (AvgIpc) is 2.85. The van der Waals surface area contributed by atoms with Gasteiger partial charge in [-0.1, -0.05) is 18.2 Å². The summed E-state index contributed by atoms with van der Waals surface area (Å²) in [6, 6.07) is 7.51. The van der Waals surface area contributed by atoms with Gasteiger partial charge >= 0.3 is 17.7 Å². The number of nitrogens with one attached hydrogen (secondary N) is 1. The first-order valence-corrected chi connectivity index (χ1v) is 6.85. The van der Waals surface area contributed by atoms with E-state index in [2.05, 4.69) is 10.3 Å². The summed E-state index contributed by atoms with van der Waals surface area (Å²) in [7, 11) is 3.68. The Morgan fingerprint density at radius 1 is 1.26 bits per heavy atom. The minimum atomic E-state index is -1.46. The van der Waals surface area contributed by atoms with Crippen molar-refractivity contribution >= 4 is 12.0 Å². The van der Waals surface area contributed by atoms with Gasteiger partial charge in [-0.05, 0) is 26.2 Å². The smallest absolute Gasteiger partial charge is 0.374 e. The Morgan fingerprint density at radius 3 is 2.48 bits per heavy atom. The van der Waals surface area contributed by atoms with Crippen molar-refractivity contribution in [1.82, 2.24) is 24.6 Å². The zero-order chi connectivity index (χ0) is 17.0. The molecule has 2 N–H and O–H groups in total. The number of rotatable bonds is 5. The molecule has 0 spiro atoms. The summed E-state index contributed by atoms with van der Waals surface area (Å²) in [5.41, 5.74) is -0.489. The molecule has 122 valence electrons. The van der Waals surface area contributed by atoms with Crippen molar-refractivity contribution in [3.8, 4) is 5.69 Å². The highest BCUT2D eigenvalue weighted by molar-refractivity contribution is 5.89. The molecule has 0 bridgehead atoms. The van der Waals surface area contributed by atoms with Gasteiger partial charge < -0.3 is 15.3 Å². The predicted octanol–water partition coefficient (Wildman–Crippen LogP) is -0.148. The first kappa shape index (κ1) is 16.4. The van der Waals surface area contributed by atoms with Crippen LogP contribution in [0, 0.1) is 0 Å². The van der Waals surface area contributed by atoms with Gasteiger partial charge in [-0.3, -0.25) is 0 Å². The zero-order valence-electron chi connectivity index (χ0n) is 12.8. The molecule has 23 heavy (non-hydrogen) atoms. The van der Waals surface area contributed by atoms with Crippen molar-refractivity contribution in [2.24, 2.45) is 0 Å². The summed E-state index contributed by atoms with van der Waals surface area (Å²) in [6.07, 6.45) is 0. The maximum atomic E-state index is 12.3. The quantitative estimate of drug-likeness (QED) is 0.793.